The first-order chi connectivity index (χ1) is 6.90. The molecule has 2 aliphatic carbocycles. The average molecular weight is 324 g/mol. The minimum atomic E-state index is 0.00935. The first kappa shape index (κ1) is 12.2. The first-order valence-corrected chi connectivity index (χ1v) is 9.19. The number of hydrogen-bond donors (Lipinski definition) is 1. The molecule has 2 bridgehead atoms. The normalized spacial score (nSPS) is 42.8. The van der Waals surface area contributed by atoms with E-state index in [4.69, 9.17) is 0 Å². The van der Waals surface area contributed by atoms with Crippen molar-refractivity contribution in [3.05, 3.63) is 0 Å². The Kier molecular flexibility index (Phi) is 3.17. The maximum atomic E-state index is 10.3. The van der Waals surface area contributed by atoms with Gasteiger partial charge in [-0.2, -0.15) is 0 Å². The van der Waals surface area contributed by atoms with Crippen molar-refractivity contribution in [2.24, 2.45) is 16.7 Å². The van der Waals surface area contributed by atoms with Crippen molar-refractivity contribution >= 4 is 20.9 Å². The van der Waals surface area contributed by atoms with Crippen molar-refractivity contribution in [1.29, 1.82) is 0 Å². The molecule has 0 aromatic heterocycles. The van der Waals surface area contributed by atoms with Gasteiger partial charge in [-0.1, -0.05) is 0 Å². The number of fused-ring (bicyclic) bond motifs is 2. The van der Waals surface area contributed by atoms with Crippen LogP contribution in [-0.2, 0) is 0 Å². The summed E-state index contributed by atoms with van der Waals surface area (Å²) in [6.45, 7) is 9.52. The second-order valence-corrected chi connectivity index (χ2v) is 10.7. The van der Waals surface area contributed by atoms with Crippen LogP contribution in [0.25, 0.3) is 0 Å². The van der Waals surface area contributed by atoms with E-state index in [-0.39, 0.29) is 27.0 Å². The molecule has 2 rings (SSSR count). The van der Waals surface area contributed by atoms with E-state index in [0.29, 0.717) is 10.8 Å². The van der Waals surface area contributed by atoms with Crippen LogP contribution < -0.4 is 0 Å². The average Bonchev–Trinajstić information content (AvgIpc) is 2.47. The van der Waals surface area contributed by atoms with E-state index in [0.717, 1.165) is 16.3 Å². The van der Waals surface area contributed by atoms with Crippen LogP contribution in [0.4, 0.5) is 0 Å². The van der Waals surface area contributed by atoms with Crippen molar-refractivity contribution in [2.45, 2.75) is 61.5 Å². The number of rotatable bonds is 3. The van der Waals surface area contributed by atoms with Crippen LogP contribution in [0.5, 0.6) is 0 Å². The van der Waals surface area contributed by atoms with Crippen molar-refractivity contribution in [3.8, 4) is 0 Å². The van der Waals surface area contributed by atoms with Crippen LogP contribution >= 0.6 is 0 Å². The zero-order valence-electron chi connectivity index (χ0n) is 10.4. The third kappa shape index (κ3) is 1.68. The molecule has 88 valence electrons. The first-order valence-electron chi connectivity index (χ1n) is 6.20. The molecule has 0 aromatic rings. The fourth-order valence-corrected chi connectivity index (χ4v) is 7.52. The molecule has 0 amide bonds. The topological polar surface area (TPSA) is 20.2 Å². The summed E-state index contributed by atoms with van der Waals surface area (Å²) < 4.78 is 2.26. The molecule has 0 aromatic carbocycles. The Morgan fingerprint density at radius 2 is 2.07 bits per heavy atom. The Morgan fingerprint density at radius 1 is 1.40 bits per heavy atom. The summed E-state index contributed by atoms with van der Waals surface area (Å²) in [5.74, 6) is 0.798. The summed E-state index contributed by atoms with van der Waals surface area (Å²) >= 11 is 0.0954. The molecule has 0 spiro atoms. The van der Waals surface area contributed by atoms with Crippen molar-refractivity contribution in [3.63, 3.8) is 0 Å². The molecule has 2 heteroatoms. The molecule has 0 saturated heterocycles. The summed E-state index contributed by atoms with van der Waals surface area (Å²) in [4.78, 5) is 0. The molecular weight excluding hydrogens is 300 g/mol. The molecule has 0 radical (unpaired) electrons. The van der Waals surface area contributed by atoms with Crippen LogP contribution in [0.3, 0.4) is 0 Å². The fourth-order valence-electron chi connectivity index (χ4n) is 3.69. The van der Waals surface area contributed by atoms with Gasteiger partial charge in [-0.25, -0.2) is 0 Å². The molecule has 2 aliphatic rings. The molecule has 15 heavy (non-hydrogen) atoms. The van der Waals surface area contributed by atoms with E-state index in [1.807, 2.05) is 0 Å². The summed E-state index contributed by atoms with van der Waals surface area (Å²) in [5.41, 5.74) is 0.718. The molecule has 2 saturated carbocycles. The van der Waals surface area contributed by atoms with E-state index in [1.165, 1.54) is 17.3 Å². The number of aliphatic hydroxyl groups is 1. The van der Waals surface area contributed by atoms with Gasteiger partial charge in [0.1, 0.15) is 0 Å². The van der Waals surface area contributed by atoms with Crippen LogP contribution in [0.1, 0.15) is 47.0 Å². The van der Waals surface area contributed by atoms with Crippen LogP contribution in [-0.4, -0.2) is 32.1 Å². The zero-order chi connectivity index (χ0) is 11.3. The molecule has 1 nitrogen and oxygen atoms in total. The Bertz CT molecular complexity index is 249. The van der Waals surface area contributed by atoms with Crippen molar-refractivity contribution in [1.82, 2.24) is 0 Å². The van der Waals surface area contributed by atoms with Gasteiger partial charge in [0, 0.05) is 0 Å². The van der Waals surface area contributed by atoms with Gasteiger partial charge >= 0.3 is 104 Å². The Morgan fingerprint density at radius 3 is 2.47 bits per heavy atom. The number of aliphatic hydroxyl groups excluding tert-OH is 1. The summed E-state index contributed by atoms with van der Waals surface area (Å²) in [6, 6.07) is 0. The van der Waals surface area contributed by atoms with E-state index in [9.17, 15) is 5.11 Å². The van der Waals surface area contributed by atoms with Gasteiger partial charge in [0.25, 0.3) is 0 Å². The van der Waals surface area contributed by atoms with Crippen LogP contribution in [0.15, 0.2) is 0 Å². The van der Waals surface area contributed by atoms with Crippen molar-refractivity contribution in [2.75, 3.05) is 0 Å². The van der Waals surface area contributed by atoms with Gasteiger partial charge in [-0.15, -0.1) is 0 Å². The second-order valence-electron chi connectivity index (χ2n) is 6.22. The van der Waals surface area contributed by atoms with Gasteiger partial charge in [-0.3, -0.25) is 0 Å². The molecule has 2 fully saturated rings. The van der Waals surface area contributed by atoms with Gasteiger partial charge in [-0.05, 0) is 0 Å². The fraction of sp³-hybridized carbons (Fsp3) is 1.00. The molecule has 0 unspecified atom stereocenters. The summed E-state index contributed by atoms with van der Waals surface area (Å²) in [6.07, 6.45) is 3.76. The monoisotopic (exact) mass is 326 g/mol. The standard InChI is InChI=1S/C13H24OTe/c1-9(2)15-8-13-6-5-10(7-11(13)14)12(13,3)4/h9-11,14H,5-8H2,1-4H3/t10-,11+,13-/m1/s1. The van der Waals surface area contributed by atoms with E-state index in [1.54, 1.807) is 0 Å². The molecule has 0 heterocycles. The van der Waals surface area contributed by atoms with Gasteiger partial charge < -0.3 is 0 Å². The molecular formula is C13H24OTe. The van der Waals surface area contributed by atoms with Gasteiger partial charge in [0.15, 0.2) is 0 Å². The quantitative estimate of drug-likeness (QED) is 0.791. The van der Waals surface area contributed by atoms with E-state index >= 15 is 0 Å². The zero-order valence-corrected chi connectivity index (χ0v) is 12.7. The summed E-state index contributed by atoms with van der Waals surface area (Å²) in [5, 5.41) is 10.3. The molecule has 1 N–H and O–H groups in total. The SMILES string of the molecule is CC(C)[Te]C[C@]12CC[C@H](C[C@@H]1O)C2(C)C. The summed E-state index contributed by atoms with van der Waals surface area (Å²) in [7, 11) is 0. The van der Waals surface area contributed by atoms with E-state index < -0.39 is 0 Å². The van der Waals surface area contributed by atoms with Crippen LogP contribution in [0.2, 0.25) is 8.43 Å². The Balaban J connectivity index is 2.16. The second kappa shape index (κ2) is 3.90. The third-order valence-corrected chi connectivity index (χ3v) is 8.91. The van der Waals surface area contributed by atoms with Crippen molar-refractivity contribution < 1.29 is 5.11 Å². The third-order valence-electron chi connectivity index (χ3n) is 5.06. The molecule has 0 aliphatic heterocycles. The van der Waals surface area contributed by atoms with Gasteiger partial charge in [0.2, 0.25) is 0 Å². The van der Waals surface area contributed by atoms with Gasteiger partial charge in [0.05, 0.1) is 0 Å². The predicted molar refractivity (Wildman–Crippen MR) is 65.2 cm³/mol. The molecule has 3 atom stereocenters. The Labute approximate surface area is 104 Å². The minimum absolute atomic E-state index is 0.00935. The number of hydrogen-bond acceptors (Lipinski definition) is 1. The van der Waals surface area contributed by atoms with E-state index in [2.05, 4.69) is 27.7 Å². The van der Waals surface area contributed by atoms with Crippen LogP contribution in [0, 0.1) is 16.7 Å². The maximum absolute atomic E-state index is 10.3. The Hall–Kier alpha value is 0.750. The predicted octanol–water partition coefficient (Wildman–Crippen LogP) is 3.12.